The van der Waals surface area contributed by atoms with Crippen LogP contribution < -0.4 is 10.6 Å². The summed E-state index contributed by atoms with van der Waals surface area (Å²) < 4.78 is 19.6. The van der Waals surface area contributed by atoms with Crippen LogP contribution in [0.3, 0.4) is 0 Å². The fourth-order valence-corrected chi connectivity index (χ4v) is 2.27. The third-order valence-corrected chi connectivity index (χ3v) is 3.69. The van der Waals surface area contributed by atoms with Crippen LogP contribution in [-0.2, 0) is 4.74 Å². The van der Waals surface area contributed by atoms with E-state index in [1.54, 1.807) is 0 Å². The van der Waals surface area contributed by atoms with Gasteiger partial charge >= 0.3 is 0 Å². The number of nitrogens with one attached hydrogen (secondary N) is 2. The normalized spacial score (nSPS) is 17.3. The topological polar surface area (TPSA) is 63.2 Å². The van der Waals surface area contributed by atoms with Gasteiger partial charge < -0.3 is 15.4 Å². The van der Waals surface area contributed by atoms with Crippen LogP contribution in [0.1, 0.15) is 43.5 Å². The molecule has 0 aliphatic carbocycles. The SMILES string of the molecule is CCCNc1nccc(C(=O)NC2(C)CCOCC2)c1F. The van der Waals surface area contributed by atoms with Crippen molar-refractivity contribution in [1.29, 1.82) is 0 Å². The summed E-state index contributed by atoms with van der Waals surface area (Å²) in [7, 11) is 0. The summed E-state index contributed by atoms with van der Waals surface area (Å²) >= 11 is 0. The Morgan fingerprint density at radius 2 is 2.19 bits per heavy atom. The zero-order chi connectivity index (χ0) is 15.3. The van der Waals surface area contributed by atoms with E-state index in [-0.39, 0.29) is 16.9 Å². The Kier molecular flexibility index (Phi) is 5.12. The van der Waals surface area contributed by atoms with Gasteiger partial charge in [0.25, 0.3) is 5.91 Å². The Hall–Kier alpha value is -1.69. The van der Waals surface area contributed by atoms with Crippen molar-refractivity contribution in [2.24, 2.45) is 0 Å². The monoisotopic (exact) mass is 295 g/mol. The van der Waals surface area contributed by atoms with Crippen LogP contribution in [0.5, 0.6) is 0 Å². The van der Waals surface area contributed by atoms with Crippen molar-refractivity contribution in [1.82, 2.24) is 10.3 Å². The van der Waals surface area contributed by atoms with Crippen LogP contribution in [-0.4, -0.2) is 36.2 Å². The minimum Gasteiger partial charge on any atom is -0.381 e. The zero-order valence-electron chi connectivity index (χ0n) is 12.5. The largest absolute Gasteiger partial charge is 0.381 e. The van der Waals surface area contributed by atoms with Crippen LogP contribution >= 0.6 is 0 Å². The van der Waals surface area contributed by atoms with E-state index in [9.17, 15) is 9.18 Å². The Morgan fingerprint density at radius 1 is 1.48 bits per heavy atom. The van der Waals surface area contributed by atoms with Crippen molar-refractivity contribution >= 4 is 11.7 Å². The molecule has 0 unspecified atom stereocenters. The number of anilines is 1. The number of pyridine rings is 1. The van der Waals surface area contributed by atoms with E-state index in [1.807, 2.05) is 13.8 Å². The molecule has 1 saturated heterocycles. The fraction of sp³-hybridized carbons (Fsp3) is 0.600. The molecular weight excluding hydrogens is 273 g/mol. The lowest BCUT2D eigenvalue weighted by Crippen LogP contribution is -2.49. The molecule has 1 aliphatic heterocycles. The van der Waals surface area contributed by atoms with Crippen LogP contribution in [0.15, 0.2) is 12.3 Å². The molecule has 0 aromatic carbocycles. The molecule has 1 aliphatic rings. The minimum absolute atomic E-state index is 0.0244. The number of amides is 1. The number of hydrogen-bond acceptors (Lipinski definition) is 4. The van der Waals surface area contributed by atoms with E-state index in [0.29, 0.717) is 19.8 Å². The molecule has 21 heavy (non-hydrogen) atoms. The van der Waals surface area contributed by atoms with Crippen molar-refractivity contribution in [2.45, 2.75) is 38.6 Å². The molecule has 1 aromatic rings. The summed E-state index contributed by atoms with van der Waals surface area (Å²) in [6, 6.07) is 1.41. The van der Waals surface area contributed by atoms with Crippen molar-refractivity contribution in [3.8, 4) is 0 Å². The molecule has 0 spiro atoms. The van der Waals surface area contributed by atoms with E-state index >= 15 is 0 Å². The molecule has 5 nitrogen and oxygen atoms in total. The molecule has 1 amide bonds. The summed E-state index contributed by atoms with van der Waals surface area (Å²) in [6.07, 6.45) is 3.76. The predicted octanol–water partition coefficient (Wildman–Crippen LogP) is 2.34. The highest BCUT2D eigenvalue weighted by atomic mass is 19.1. The smallest absolute Gasteiger partial charge is 0.254 e. The Labute approximate surface area is 124 Å². The van der Waals surface area contributed by atoms with E-state index in [2.05, 4.69) is 15.6 Å². The highest BCUT2D eigenvalue weighted by Gasteiger charge is 2.30. The van der Waals surface area contributed by atoms with Gasteiger partial charge in [-0.3, -0.25) is 4.79 Å². The standard InChI is InChI=1S/C15H22FN3O2/c1-3-7-17-13-12(16)11(4-8-18-13)14(20)19-15(2)5-9-21-10-6-15/h4,8H,3,5-7,9-10H2,1-2H3,(H,17,18)(H,19,20). The second-order valence-corrected chi connectivity index (χ2v) is 5.58. The third-order valence-electron chi connectivity index (χ3n) is 3.69. The first kappa shape index (κ1) is 15.7. The number of halogens is 1. The minimum atomic E-state index is -0.598. The van der Waals surface area contributed by atoms with Gasteiger partial charge in [-0.05, 0) is 32.3 Å². The highest BCUT2D eigenvalue weighted by molar-refractivity contribution is 5.95. The van der Waals surface area contributed by atoms with Crippen LogP contribution in [0, 0.1) is 5.82 Å². The number of hydrogen-bond donors (Lipinski definition) is 2. The Bertz CT molecular complexity index is 502. The summed E-state index contributed by atoms with van der Waals surface area (Å²) in [5.41, 5.74) is -0.321. The molecule has 0 atom stereocenters. The van der Waals surface area contributed by atoms with Gasteiger partial charge in [0.1, 0.15) is 0 Å². The van der Waals surface area contributed by atoms with Crippen LogP contribution in [0.4, 0.5) is 10.2 Å². The van der Waals surface area contributed by atoms with Gasteiger partial charge in [-0.1, -0.05) is 6.92 Å². The number of aromatic nitrogens is 1. The molecule has 0 bridgehead atoms. The van der Waals surface area contributed by atoms with Gasteiger partial charge in [0.2, 0.25) is 0 Å². The van der Waals surface area contributed by atoms with Crippen LogP contribution in [0.25, 0.3) is 0 Å². The summed E-state index contributed by atoms with van der Waals surface area (Å²) in [5.74, 6) is -0.875. The van der Waals surface area contributed by atoms with Crippen LogP contribution in [0.2, 0.25) is 0 Å². The summed E-state index contributed by atoms with van der Waals surface area (Å²) in [4.78, 5) is 16.3. The summed E-state index contributed by atoms with van der Waals surface area (Å²) in [5, 5.41) is 5.81. The number of rotatable bonds is 5. The quantitative estimate of drug-likeness (QED) is 0.875. The first-order valence-electron chi connectivity index (χ1n) is 7.34. The van der Waals surface area contributed by atoms with Crippen molar-refractivity contribution in [2.75, 3.05) is 25.1 Å². The van der Waals surface area contributed by atoms with Gasteiger partial charge in [0.15, 0.2) is 11.6 Å². The average molecular weight is 295 g/mol. The lowest BCUT2D eigenvalue weighted by molar-refractivity contribution is 0.0421. The van der Waals surface area contributed by atoms with Gasteiger partial charge in [-0.25, -0.2) is 9.37 Å². The molecule has 6 heteroatoms. The summed E-state index contributed by atoms with van der Waals surface area (Å²) in [6.45, 7) is 5.78. The van der Waals surface area contributed by atoms with Gasteiger partial charge in [-0.15, -0.1) is 0 Å². The maximum atomic E-state index is 14.3. The molecule has 1 aromatic heterocycles. The van der Waals surface area contributed by atoms with E-state index in [4.69, 9.17) is 4.74 Å². The van der Waals surface area contributed by atoms with Crippen molar-refractivity contribution < 1.29 is 13.9 Å². The number of ether oxygens (including phenoxy) is 1. The van der Waals surface area contributed by atoms with E-state index in [1.165, 1.54) is 12.3 Å². The average Bonchev–Trinajstić information content (AvgIpc) is 2.46. The van der Waals surface area contributed by atoms with Gasteiger partial charge in [0.05, 0.1) is 5.56 Å². The van der Waals surface area contributed by atoms with Crippen molar-refractivity contribution in [3.05, 3.63) is 23.6 Å². The second kappa shape index (κ2) is 6.85. The Morgan fingerprint density at radius 3 is 2.86 bits per heavy atom. The molecule has 116 valence electrons. The highest BCUT2D eigenvalue weighted by Crippen LogP contribution is 2.22. The Balaban J connectivity index is 2.11. The van der Waals surface area contributed by atoms with E-state index in [0.717, 1.165) is 19.3 Å². The predicted molar refractivity (Wildman–Crippen MR) is 78.9 cm³/mol. The van der Waals surface area contributed by atoms with Gasteiger partial charge in [-0.2, -0.15) is 0 Å². The lowest BCUT2D eigenvalue weighted by atomic mass is 9.92. The maximum Gasteiger partial charge on any atom is 0.254 e. The number of carbonyl (C=O) groups excluding carboxylic acids is 1. The molecule has 0 saturated carbocycles. The zero-order valence-corrected chi connectivity index (χ0v) is 12.5. The molecule has 2 N–H and O–H groups in total. The molecule has 2 rings (SSSR count). The lowest BCUT2D eigenvalue weighted by Gasteiger charge is -2.34. The number of nitrogens with zero attached hydrogens (tertiary/aromatic N) is 1. The first-order chi connectivity index (χ1) is 10.1. The fourth-order valence-electron chi connectivity index (χ4n) is 2.27. The molecule has 2 heterocycles. The number of carbonyl (C=O) groups is 1. The molecule has 0 radical (unpaired) electrons. The third kappa shape index (κ3) is 3.91. The maximum absolute atomic E-state index is 14.3. The van der Waals surface area contributed by atoms with Crippen molar-refractivity contribution in [3.63, 3.8) is 0 Å². The molecular formula is C15H22FN3O2. The van der Waals surface area contributed by atoms with E-state index < -0.39 is 11.7 Å². The van der Waals surface area contributed by atoms with Gasteiger partial charge in [0, 0.05) is 31.5 Å². The first-order valence-corrected chi connectivity index (χ1v) is 7.34. The second-order valence-electron chi connectivity index (χ2n) is 5.58. The molecule has 1 fully saturated rings.